The summed E-state index contributed by atoms with van der Waals surface area (Å²) in [6.07, 6.45) is 0. The summed E-state index contributed by atoms with van der Waals surface area (Å²) in [5, 5.41) is 2.73. The standard InChI is InChI=1S/C23H21N3O6/c1-3-32-23(30)17(16-12-8-4-5-9-13(12)25-20(16)27)18(22(29)31-2)19-21(28)26-15-11-7-6-10-14(15)24-19/h4-11,16-18H,3H2,1-2H3,(H,25,27)(H,26,28). The van der Waals surface area contributed by atoms with Gasteiger partial charge < -0.3 is 19.8 Å². The van der Waals surface area contributed by atoms with Crippen LogP contribution in [0.5, 0.6) is 0 Å². The third-order valence-electron chi connectivity index (χ3n) is 5.49. The molecule has 1 aliphatic heterocycles. The van der Waals surface area contributed by atoms with Crippen molar-refractivity contribution in [2.45, 2.75) is 18.8 Å². The lowest BCUT2D eigenvalue weighted by atomic mass is 9.76. The molecular formula is C23H21N3O6. The number of hydrogen-bond donors (Lipinski definition) is 2. The second kappa shape index (κ2) is 8.62. The van der Waals surface area contributed by atoms with Gasteiger partial charge in [-0.25, -0.2) is 4.98 Å². The molecule has 1 amide bonds. The Morgan fingerprint density at radius 2 is 1.78 bits per heavy atom. The van der Waals surface area contributed by atoms with Crippen molar-refractivity contribution in [2.24, 2.45) is 5.92 Å². The van der Waals surface area contributed by atoms with Gasteiger partial charge >= 0.3 is 11.9 Å². The number of esters is 2. The highest BCUT2D eigenvalue weighted by Crippen LogP contribution is 2.43. The van der Waals surface area contributed by atoms with Gasteiger partial charge in [-0.2, -0.15) is 0 Å². The predicted octanol–water partition coefficient (Wildman–Crippen LogP) is 2.09. The minimum atomic E-state index is -1.46. The fourth-order valence-corrected chi connectivity index (χ4v) is 4.10. The lowest BCUT2D eigenvalue weighted by Crippen LogP contribution is -2.40. The largest absolute Gasteiger partial charge is 0.468 e. The van der Waals surface area contributed by atoms with Crippen molar-refractivity contribution in [1.29, 1.82) is 0 Å². The van der Waals surface area contributed by atoms with Gasteiger partial charge in [0, 0.05) is 5.69 Å². The Bertz CT molecular complexity index is 1270. The molecule has 32 heavy (non-hydrogen) atoms. The zero-order chi connectivity index (χ0) is 22.8. The monoisotopic (exact) mass is 435 g/mol. The second-order valence-electron chi connectivity index (χ2n) is 7.30. The molecule has 1 aromatic heterocycles. The number of H-pyrrole nitrogens is 1. The molecule has 2 N–H and O–H groups in total. The summed E-state index contributed by atoms with van der Waals surface area (Å²) in [7, 11) is 1.15. The van der Waals surface area contributed by atoms with Crippen molar-refractivity contribution in [3.8, 4) is 0 Å². The molecule has 9 heteroatoms. The Morgan fingerprint density at radius 1 is 1.06 bits per heavy atom. The highest BCUT2D eigenvalue weighted by molar-refractivity contribution is 6.06. The van der Waals surface area contributed by atoms with Gasteiger partial charge in [-0.3, -0.25) is 19.2 Å². The van der Waals surface area contributed by atoms with Crippen LogP contribution in [0.25, 0.3) is 11.0 Å². The number of anilines is 1. The van der Waals surface area contributed by atoms with Crippen molar-refractivity contribution in [3.05, 3.63) is 70.1 Å². The van der Waals surface area contributed by atoms with Crippen LogP contribution in [0.4, 0.5) is 5.69 Å². The molecule has 3 unspecified atom stereocenters. The summed E-state index contributed by atoms with van der Waals surface area (Å²) >= 11 is 0. The van der Waals surface area contributed by atoms with Gasteiger partial charge in [0.1, 0.15) is 11.6 Å². The van der Waals surface area contributed by atoms with Crippen molar-refractivity contribution in [1.82, 2.24) is 9.97 Å². The molecule has 2 aromatic carbocycles. The van der Waals surface area contributed by atoms with Gasteiger partial charge in [0.25, 0.3) is 5.56 Å². The van der Waals surface area contributed by atoms with E-state index in [1.807, 2.05) is 0 Å². The third kappa shape index (κ3) is 3.62. The summed E-state index contributed by atoms with van der Waals surface area (Å²) in [5.41, 5.74) is 1.09. The van der Waals surface area contributed by atoms with Gasteiger partial charge in [-0.15, -0.1) is 0 Å². The first kappa shape index (κ1) is 21.2. The van der Waals surface area contributed by atoms with E-state index in [4.69, 9.17) is 9.47 Å². The molecule has 0 bridgehead atoms. The SMILES string of the molecule is CCOC(=O)C(C1C(=O)Nc2ccccc21)C(C(=O)OC)c1nc2ccccc2[nH]c1=O. The Kier molecular flexibility index (Phi) is 5.72. The minimum Gasteiger partial charge on any atom is -0.468 e. The molecule has 3 atom stereocenters. The molecule has 3 aromatic rings. The van der Waals surface area contributed by atoms with Crippen molar-refractivity contribution >= 4 is 34.6 Å². The van der Waals surface area contributed by atoms with Crippen LogP contribution in [0, 0.1) is 5.92 Å². The van der Waals surface area contributed by atoms with E-state index >= 15 is 0 Å². The van der Waals surface area contributed by atoms with Crippen LogP contribution in [0.1, 0.15) is 30.0 Å². The number of benzene rings is 2. The first-order valence-corrected chi connectivity index (χ1v) is 10.1. The lowest BCUT2D eigenvalue weighted by Gasteiger charge is -2.26. The third-order valence-corrected chi connectivity index (χ3v) is 5.49. The molecule has 0 radical (unpaired) electrons. The zero-order valence-electron chi connectivity index (χ0n) is 17.5. The van der Waals surface area contributed by atoms with E-state index < -0.39 is 41.2 Å². The quantitative estimate of drug-likeness (QED) is 0.568. The number of hydrogen-bond acceptors (Lipinski definition) is 7. The summed E-state index contributed by atoms with van der Waals surface area (Å²) in [6.45, 7) is 1.65. The Labute approximate surface area is 182 Å². The maximum absolute atomic E-state index is 13.1. The van der Waals surface area contributed by atoms with Gasteiger partial charge in [-0.05, 0) is 30.7 Å². The molecule has 9 nitrogen and oxygen atoms in total. The van der Waals surface area contributed by atoms with Crippen LogP contribution in [0.15, 0.2) is 53.3 Å². The normalized spacial score (nSPS) is 16.7. The molecule has 0 fully saturated rings. The van der Waals surface area contributed by atoms with E-state index in [0.29, 0.717) is 22.3 Å². The summed E-state index contributed by atoms with van der Waals surface area (Å²) in [4.78, 5) is 59.1. The number of carbonyl (C=O) groups is 3. The predicted molar refractivity (Wildman–Crippen MR) is 115 cm³/mol. The smallest absolute Gasteiger partial charge is 0.315 e. The van der Waals surface area contributed by atoms with E-state index in [-0.39, 0.29) is 12.3 Å². The summed E-state index contributed by atoms with van der Waals surface area (Å²) < 4.78 is 10.2. The van der Waals surface area contributed by atoms with E-state index in [9.17, 15) is 19.2 Å². The van der Waals surface area contributed by atoms with Crippen LogP contribution in [0.2, 0.25) is 0 Å². The molecule has 164 valence electrons. The number of ether oxygens (including phenoxy) is 2. The molecule has 4 rings (SSSR count). The number of nitrogens with one attached hydrogen (secondary N) is 2. The number of carbonyl (C=O) groups excluding carboxylic acids is 3. The zero-order valence-corrected chi connectivity index (χ0v) is 17.5. The van der Waals surface area contributed by atoms with Gasteiger partial charge in [0.05, 0.1) is 36.6 Å². The maximum Gasteiger partial charge on any atom is 0.315 e. The van der Waals surface area contributed by atoms with E-state index in [1.165, 1.54) is 0 Å². The number of fused-ring (bicyclic) bond motifs is 2. The summed E-state index contributed by atoms with van der Waals surface area (Å²) in [6, 6.07) is 13.7. The molecular weight excluding hydrogens is 414 g/mol. The number of aromatic amines is 1. The van der Waals surface area contributed by atoms with Crippen LogP contribution >= 0.6 is 0 Å². The van der Waals surface area contributed by atoms with Crippen LogP contribution in [-0.4, -0.2) is 41.5 Å². The minimum absolute atomic E-state index is 0.0285. The molecule has 0 spiro atoms. The average molecular weight is 435 g/mol. The Balaban J connectivity index is 1.93. The molecule has 0 aliphatic carbocycles. The Hall–Kier alpha value is -4.01. The fraction of sp³-hybridized carbons (Fsp3) is 0.261. The first-order valence-electron chi connectivity index (χ1n) is 10.1. The number of amides is 1. The van der Waals surface area contributed by atoms with E-state index in [2.05, 4.69) is 15.3 Å². The van der Waals surface area contributed by atoms with Crippen molar-refractivity contribution in [3.63, 3.8) is 0 Å². The highest BCUT2D eigenvalue weighted by atomic mass is 16.5. The van der Waals surface area contributed by atoms with Crippen LogP contribution in [-0.2, 0) is 23.9 Å². The lowest BCUT2D eigenvalue weighted by molar-refractivity contribution is -0.157. The van der Waals surface area contributed by atoms with Gasteiger partial charge in [-0.1, -0.05) is 30.3 Å². The summed E-state index contributed by atoms with van der Waals surface area (Å²) in [5.74, 6) is -6.03. The number of aromatic nitrogens is 2. The topological polar surface area (TPSA) is 127 Å². The first-order chi connectivity index (χ1) is 15.5. The van der Waals surface area contributed by atoms with Gasteiger partial charge in [0.15, 0.2) is 0 Å². The van der Waals surface area contributed by atoms with Crippen molar-refractivity contribution in [2.75, 3.05) is 19.0 Å². The number of rotatable bonds is 6. The number of methoxy groups -OCH3 is 1. The molecule has 1 aliphatic rings. The Morgan fingerprint density at radius 3 is 2.53 bits per heavy atom. The highest BCUT2D eigenvalue weighted by Gasteiger charge is 2.50. The van der Waals surface area contributed by atoms with Gasteiger partial charge in [0.2, 0.25) is 5.91 Å². The number of para-hydroxylation sites is 3. The maximum atomic E-state index is 13.1. The van der Waals surface area contributed by atoms with Crippen LogP contribution in [0.3, 0.4) is 0 Å². The molecule has 0 saturated heterocycles. The fourth-order valence-electron chi connectivity index (χ4n) is 4.10. The second-order valence-corrected chi connectivity index (χ2v) is 7.30. The molecule has 0 saturated carbocycles. The average Bonchev–Trinajstić information content (AvgIpc) is 3.12. The van der Waals surface area contributed by atoms with Crippen LogP contribution < -0.4 is 10.9 Å². The van der Waals surface area contributed by atoms with E-state index in [1.54, 1.807) is 55.5 Å². The molecule has 2 heterocycles. The van der Waals surface area contributed by atoms with E-state index in [0.717, 1.165) is 7.11 Å². The number of nitrogens with zero attached hydrogens (tertiary/aromatic N) is 1. The van der Waals surface area contributed by atoms with Crippen molar-refractivity contribution < 1.29 is 23.9 Å².